The maximum Gasteiger partial charge on any atom is 0.372 e. The highest BCUT2D eigenvalue weighted by Crippen LogP contribution is 2.29. The van der Waals surface area contributed by atoms with Crippen LogP contribution < -0.4 is 18.9 Å². The topological polar surface area (TPSA) is 210 Å². The Morgan fingerprint density at radius 2 is 0.632 bits per heavy atom. The van der Waals surface area contributed by atoms with Crippen LogP contribution in [0.2, 0.25) is 0 Å². The Bertz CT molecular complexity index is 1870. The van der Waals surface area contributed by atoms with Gasteiger partial charge in [-0.05, 0) is 48.5 Å². The van der Waals surface area contributed by atoms with Gasteiger partial charge in [-0.15, -0.1) is 0 Å². The van der Waals surface area contributed by atoms with Gasteiger partial charge in [0, 0.05) is 20.8 Å². The summed E-state index contributed by atoms with van der Waals surface area (Å²) in [7, 11) is 0. The number of hydrogen-bond donors (Lipinski definition) is 0. The molecule has 0 spiro atoms. The maximum absolute atomic E-state index is 13.5. The van der Waals surface area contributed by atoms with E-state index in [1.807, 2.05) is 0 Å². The third-order valence-corrected chi connectivity index (χ3v) is 7.64. The van der Waals surface area contributed by atoms with E-state index >= 15 is 0 Å². The number of benzene rings is 4. The van der Waals surface area contributed by atoms with Gasteiger partial charge >= 0.3 is 45.8 Å². The van der Waals surface area contributed by atoms with Gasteiger partial charge in [-0.25, -0.2) is 24.0 Å². The van der Waals surface area contributed by atoms with Gasteiger partial charge in [0.25, 0.3) is 0 Å². The fraction of sp³-hybridized carbons (Fsp3) is 0.200. The summed E-state index contributed by atoms with van der Waals surface area (Å²) < 4.78 is 42.4. The molecular weight excluding hydrogens is 863 g/mol. The summed E-state index contributed by atoms with van der Waals surface area (Å²) in [5, 5.41) is 0. The van der Waals surface area contributed by atoms with E-state index in [1.54, 1.807) is 0 Å². The number of para-hydroxylation sites is 4. The molecule has 0 heterocycles. The molecule has 4 rings (SSSR count). The van der Waals surface area contributed by atoms with Crippen LogP contribution in [0.4, 0.5) is 4.79 Å². The summed E-state index contributed by atoms with van der Waals surface area (Å²) >= 11 is 1.37. The molecule has 16 nitrogen and oxygen atoms in total. The van der Waals surface area contributed by atoms with Crippen molar-refractivity contribution in [3.8, 4) is 23.0 Å². The van der Waals surface area contributed by atoms with E-state index in [2.05, 4.69) is 0 Å². The fourth-order valence-electron chi connectivity index (χ4n) is 4.88. The third-order valence-electron chi connectivity index (χ3n) is 7.42. The van der Waals surface area contributed by atoms with Gasteiger partial charge in [-0.2, -0.15) is 0 Å². The number of esters is 7. The Morgan fingerprint density at radius 1 is 0.404 bits per heavy atom. The van der Waals surface area contributed by atoms with Gasteiger partial charge in [-0.1, -0.05) is 48.5 Å². The minimum absolute atomic E-state index is 0.143. The standard InChI is InChI=1S/C40H33IO16/c1-24(42)54-31-16-8-4-12-27(31)35(45)50-20-40(21-51-36(46)28-13-5-9-17-32(28)55-25(2)43,22-52-37(47)29-14-6-10-18-33(29)56-26(3)44)23-53-38(48)30-15-7-11-19-34(30)57-39(41)49/h4-19H,20-23H2,1-3H3. The summed E-state index contributed by atoms with van der Waals surface area (Å²) in [6.07, 6.45) is 0. The molecule has 0 unspecified atom stereocenters. The SMILES string of the molecule is CC(=O)Oc1ccccc1C(=O)OCC(COC(=O)c1ccccc1OC(C)=O)(COC(=O)c1ccccc1OC(C)=O)COC(=O)c1ccccc1OC(=O)I. The molecule has 57 heavy (non-hydrogen) atoms. The van der Waals surface area contributed by atoms with Crippen molar-refractivity contribution in [3.05, 3.63) is 119 Å². The second-order valence-electron chi connectivity index (χ2n) is 11.9. The van der Waals surface area contributed by atoms with Crippen LogP contribution in [0.25, 0.3) is 0 Å². The van der Waals surface area contributed by atoms with Crippen LogP contribution in [0.3, 0.4) is 0 Å². The van der Waals surface area contributed by atoms with Crippen LogP contribution >= 0.6 is 22.6 Å². The van der Waals surface area contributed by atoms with E-state index in [-0.39, 0.29) is 45.3 Å². The number of hydrogen-bond acceptors (Lipinski definition) is 16. The van der Waals surface area contributed by atoms with E-state index < -0.39 is 77.6 Å². The van der Waals surface area contributed by atoms with E-state index in [4.69, 9.17) is 37.9 Å². The molecule has 0 amide bonds. The smallest absolute Gasteiger partial charge is 0.372 e. The average Bonchev–Trinajstić information content (AvgIpc) is 3.16. The lowest BCUT2D eigenvalue weighted by Crippen LogP contribution is -2.44. The summed E-state index contributed by atoms with van der Waals surface area (Å²) in [5.41, 5.74) is -2.68. The van der Waals surface area contributed by atoms with Crippen LogP contribution in [0, 0.1) is 5.41 Å². The fourth-order valence-corrected chi connectivity index (χ4v) is 5.12. The molecule has 17 heteroatoms. The molecule has 0 bridgehead atoms. The molecule has 0 aliphatic rings. The molecule has 0 saturated carbocycles. The second-order valence-corrected chi connectivity index (χ2v) is 12.8. The van der Waals surface area contributed by atoms with Crippen LogP contribution in [0.5, 0.6) is 23.0 Å². The minimum atomic E-state index is -1.92. The lowest BCUT2D eigenvalue weighted by molar-refractivity contribution is -0.132. The first kappa shape index (κ1) is 43.1. The van der Waals surface area contributed by atoms with Crippen LogP contribution in [0.15, 0.2) is 97.1 Å². The van der Waals surface area contributed by atoms with Crippen molar-refractivity contribution in [1.29, 1.82) is 0 Å². The Balaban J connectivity index is 1.75. The molecule has 0 aliphatic heterocycles. The molecule has 0 saturated heterocycles. The summed E-state index contributed by atoms with van der Waals surface area (Å²) in [4.78, 5) is 101. The van der Waals surface area contributed by atoms with E-state index in [1.165, 1.54) is 120 Å². The average molecular weight is 897 g/mol. The second kappa shape index (κ2) is 20.3. The molecule has 0 radical (unpaired) electrons. The molecule has 4 aromatic rings. The van der Waals surface area contributed by atoms with Crippen LogP contribution in [-0.4, -0.2) is 72.2 Å². The predicted molar refractivity (Wildman–Crippen MR) is 203 cm³/mol. The number of halogens is 1. The summed E-state index contributed by atoms with van der Waals surface area (Å²) in [6, 6.07) is 22.5. The monoisotopic (exact) mass is 896 g/mol. The Labute approximate surface area is 338 Å². The first-order valence-corrected chi connectivity index (χ1v) is 17.7. The van der Waals surface area contributed by atoms with Gasteiger partial charge < -0.3 is 37.9 Å². The van der Waals surface area contributed by atoms with Gasteiger partial charge in [0.05, 0.1) is 22.6 Å². The molecule has 4 aromatic carbocycles. The van der Waals surface area contributed by atoms with Crippen molar-refractivity contribution in [2.45, 2.75) is 20.8 Å². The summed E-state index contributed by atoms with van der Waals surface area (Å²) in [5.74, 6) is -6.94. The minimum Gasteiger partial charge on any atom is -0.461 e. The van der Waals surface area contributed by atoms with E-state index in [9.17, 15) is 38.4 Å². The van der Waals surface area contributed by atoms with Gasteiger partial charge in [0.1, 0.15) is 77.1 Å². The van der Waals surface area contributed by atoms with E-state index in [0.717, 1.165) is 20.8 Å². The number of ether oxygens (including phenoxy) is 8. The quantitative estimate of drug-likeness (QED) is 0.0408. The highest BCUT2D eigenvalue weighted by Gasteiger charge is 2.39. The first-order valence-electron chi connectivity index (χ1n) is 16.6. The molecule has 0 aliphatic carbocycles. The normalized spacial score (nSPS) is 10.6. The Kier molecular flexibility index (Phi) is 15.4. The van der Waals surface area contributed by atoms with Crippen molar-refractivity contribution in [1.82, 2.24) is 0 Å². The number of carbonyl (C=O) groups excluding carboxylic acids is 8. The van der Waals surface area contributed by atoms with Gasteiger partial charge in [0.15, 0.2) is 0 Å². The lowest BCUT2D eigenvalue weighted by atomic mass is 9.92. The largest absolute Gasteiger partial charge is 0.461 e. The van der Waals surface area contributed by atoms with Crippen molar-refractivity contribution in [3.63, 3.8) is 0 Å². The lowest BCUT2D eigenvalue weighted by Gasteiger charge is -2.32. The number of carbonyl (C=O) groups is 8. The predicted octanol–water partition coefficient (Wildman–Crippen LogP) is 6.11. The first-order chi connectivity index (χ1) is 27.2. The van der Waals surface area contributed by atoms with Gasteiger partial charge in [0.2, 0.25) is 0 Å². The molecular formula is C40H33IO16. The van der Waals surface area contributed by atoms with Crippen molar-refractivity contribution in [2.75, 3.05) is 26.4 Å². The Morgan fingerprint density at radius 3 is 0.860 bits per heavy atom. The molecule has 0 fully saturated rings. The zero-order valence-electron chi connectivity index (χ0n) is 30.5. The number of rotatable bonds is 16. The zero-order chi connectivity index (χ0) is 41.5. The highest BCUT2D eigenvalue weighted by atomic mass is 127. The molecule has 0 aromatic heterocycles. The van der Waals surface area contributed by atoms with Gasteiger partial charge in [-0.3, -0.25) is 14.4 Å². The van der Waals surface area contributed by atoms with E-state index in [0.29, 0.717) is 0 Å². The molecule has 296 valence electrons. The van der Waals surface area contributed by atoms with Crippen molar-refractivity contribution in [2.24, 2.45) is 5.41 Å². The van der Waals surface area contributed by atoms with Crippen LogP contribution in [0.1, 0.15) is 62.2 Å². The van der Waals surface area contributed by atoms with Crippen molar-refractivity contribution < 1.29 is 76.3 Å². The molecule has 0 atom stereocenters. The maximum atomic E-state index is 13.5. The zero-order valence-corrected chi connectivity index (χ0v) is 32.6. The molecule has 0 N–H and O–H groups in total. The highest BCUT2D eigenvalue weighted by molar-refractivity contribution is 14.1. The van der Waals surface area contributed by atoms with Crippen LogP contribution in [-0.2, 0) is 33.3 Å². The third kappa shape index (κ3) is 12.7. The Hall–Kier alpha value is -6.63. The summed E-state index contributed by atoms with van der Waals surface area (Å²) in [6.45, 7) is 0.254. The van der Waals surface area contributed by atoms with Crippen molar-refractivity contribution >= 4 is 68.4 Å².